The number of hydrogen-bond acceptors (Lipinski definition) is 5. The molecule has 0 spiro atoms. The molecule has 4 aromatic rings. The highest BCUT2D eigenvalue weighted by atomic mass is 19.4. The predicted octanol–water partition coefficient (Wildman–Crippen LogP) is 7.61. The van der Waals surface area contributed by atoms with Crippen molar-refractivity contribution in [2.75, 3.05) is 6.61 Å². The van der Waals surface area contributed by atoms with Crippen LogP contribution in [0.3, 0.4) is 0 Å². The zero-order valence-corrected chi connectivity index (χ0v) is 21.0. The molecule has 1 unspecified atom stereocenters. The quantitative estimate of drug-likeness (QED) is 0.220. The van der Waals surface area contributed by atoms with Gasteiger partial charge in [0.15, 0.2) is 0 Å². The van der Waals surface area contributed by atoms with Gasteiger partial charge in [0.2, 0.25) is 5.82 Å². The van der Waals surface area contributed by atoms with E-state index >= 15 is 0 Å². The van der Waals surface area contributed by atoms with Crippen LogP contribution in [0.1, 0.15) is 37.5 Å². The SMILES string of the molecule is CC(COCc1ccccc1)Cc1ccc(-c2nc(-c3ccc(OC(C)C)c(C(F)(F)F)c3)no2)cc1. The Morgan fingerprint density at radius 1 is 0.865 bits per heavy atom. The Labute approximate surface area is 214 Å². The van der Waals surface area contributed by atoms with E-state index < -0.39 is 17.8 Å². The van der Waals surface area contributed by atoms with Gasteiger partial charge in [-0.2, -0.15) is 18.2 Å². The van der Waals surface area contributed by atoms with Crippen LogP contribution >= 0.6 is 0 Å². The molecular weight excluding hydrogens is 481 g/mol. The minimum Gasteiger partial charge on any atom is -0.490 e. The van der Waals surface area contributed by atoms with E-state index in [1.165, 1.54) is 12.1 Å². The number of alkyl halides is 3. The smallest absolute Gasteiger partial charge is 0.419 e. The molecule has 1 atom stereocenters. The lowest BCUT2D eigenvalue weighted by atomic mass is 10.0. The second kappa shape index (κ2) is 11.6. The van der Waals surface area contributed by atoms with Crippen LogP contribution < -0.4 is 4.74 Å². The molecule has 4 rings (SSSR count). The summed E-state index contributed by atoms with van der Waals surface area (Å²) in [6.45, 7) is 6.71. The van der Waals surface area contributed by atoms with Crippen molar-refractivity contribution in [1.29, 1.82) is 0 Å². The van der Waals surface area contributed by atoms with Crippen molar-refractivity contribution >= 4 is 0 Å². The first-order chi connectivity index (χ1) is 17.7. The summed E-state index contributed by atoms with van der Waals surface area (Å²) in [5.41, 5.74) is 2.28. The summed E-state index contributed by atoms with van der Waals surface area (Å²) >= 11 is 0. The maximum Gasteiger partial charge on any atom is 0.419 e. The van der Waals surface area contributed by atoms with Crippen LogP contribution in [0.2, 0.25) is 0 Å². The minimum absolute atomic E-state index is 0.0739. The lowest BCUT2D eigenvalue weighted by Crippen LogP contribution is -2.13. The molecule has 0 aliphatic heterocycles. The lowest BCUT2D eigenvalue weighted by molar-refractivity contribution is -0.139. The average molecular weight is 511 g/mol. The number of nitrogens with zero attached hydrogens (tertiary/aromatic N) is 2. The molecular formula is C29H29F3N2O3. The van der Waals surface area contributed by atoms with E-state index in [4.69, 9.17) is 14.0 Å². The van der Waals surface area contributed by atoms with E-state index in [1.54, 1.807) is 13.8 Å². The Morgan fingerprint density at radius 3 is 2.24 bits per heavy atom. The van der Waals surface area contributed by atoms with Crippen molar-refractivity contribution in [1.82, 2.24) is 10.1 Å². The summed E-state index contributed by atoms with van der Waals surface area (Å²) in [5.74, 6) is 0.405. The predicted molar refractivity (Wildman–Crippen MR) is 135 cm³/mol. The van der Waals surface area contributed by atoms with Crippen LogP contribution in [0.25, 0.3) is 22.8 Å². The largest absolute Gasteiger partial charge is 0.490 e. The zero-order valence-electron chi connectivity index (χ0n) is 21.0. The van der Waals surface area contributed by atoms with E-state index in [1.807, 2.05) is 54.6 Å². The number of ether oxygens (including phenoxy) is 2. The first-order valence-corrected chi connectivity index (χ1v) is 12.1. The van der Waals surface area contributed by atoms with Gasteiger partial charge in [0.25, 0.3) is 5.89 Å². The molecule has 0 fully saturated rings. The molecule has 0 N–H and O–H groups in total. The molecule has 0 aliphatic rings. The summed E-state index contributed by atoms with van der Waals surface area (Å²) in [4.78, 5) is 4.32. The summed E-state index contributed by atoms with van der Waals surface area (Å²) in [7, 11) is 0. The number of halogens is 3. The molecule has 0 saturated carbocycles. The van der Waals surface area contributed by atoms with E-state index in [0.29, 0.717) is 24.7 Å². The second-order valence-corrected chi connectivity index (χ2v) is 9.31. The minimum atomic E-state index is -4.58. The van der Waals surface area contributed by atoms with Crippen LogP contribution in [0.5, 0.6) is 5.75 Å². The molecule has 0 aliphatic carbocycles. The van der Waals surface area contributed by atoms with Crippen molar-refractivity contribution in [3.63, 3.8) is 0 Å². The Balaban J connectivity index is 1.40. The molecule has 0 amide bonds. The third-order valence-corrected chi connectivity index (χ3v) is 5.63. The van der Waals surface area contributed by atoms with Crippen LogP contribution in [0.4, 0.5) is 13.2 Å². The van der Waals surface area contributed by atoms with Crippen LogP contribution in [-0.2, 0) is 23.9 Å². The first kappa shape index (κ1) is 26.4. The van der Waals surface area contributed by atoms with E-state index in [0.717, 1.165) is 23.6 Å². The fourth-order valence-corrected chi connectivity index (χ4v) is 3.90. The third kappa shape index (κ3) is 7.20. The van der Waals surface area contributed by atoms with Crippen molar-refractivity contribution in [3.05, 3.63) is 89.5 Å². The van der Waals surface area contributed by atoms with E-state index in [2.05, 4.69) is 17.1 Å². The average Bonchev–Trinajstić information content (AvgIpc) is 3.35. The van der Waals surface area contributed by atoms with Gasteiger partial charge in [-0.25, -0.2) is 0 Å². The zero-order chi connectivity index (χ0) is 26.4. The first-order valence-electron chi connectivity index (χ1n) is 12.1. The number of benzene rings is 3. The number of hydrogen-bond donors (Lipinski definition) is 0. The van der Waals surface area contributed by atoms with Gasteiger partial charge in [-0.15, -0.1) is 0 Å². The highest BCUT2D eigenvalue weighted by Crippen LogP contribution is 2.39. The molecule has 1 heterocycles. The van der Waals surface area contributed by atoms with Gasteiger partial charge in [0.1, 0.15) is 5.75 Å². The molecule has 0 radical (unpaired) electrons. The van der Waals surface area contributed by atoms with Gasteiger partial charge < -0.3 is 14.0 Å². The highest BCUT2D eigenvalue weighted by molar-refractivity contribution is 5.62. The Hall–Kier alpha value is -3.65. The monoisotopic (exact) mass is 510 g/mol. The molecule has 194 valence electrons. The Bertz CT molecular complexity index is 1290. The maximum absolute atomic E-state index is 13.6. The fraction of sp³-hybridized carbons (Fsp3) is 0.310. The molecule has 37 heavy (non-hydrogen) atoms. The van der Waals surface area contributed by atoms with Gasteiger partial charge in [-0.3, -0.25) is 0 Å². The highest BCUT2D eigenvalue weighted by Gasteiger charge is 2.35. The summed E-state index contributed by atoms with van der Waals surface area (Å²) in [6, 6.07) is 21.5. The lowest BCUT2D eigenvalue weighted by Gasteiger charge is -2.16. The summed E-state index contributed by atoms with van der Waals surface area (Å²) < 4.78 is 57.3. The van der Waals surface area contributed by atoms with E-state index in [9.17, 15) is 13.2 Å². The number of rotatable bonds is 10. The van der Waals surface area contributed by atoms with Crippen molar-refractivity contribution in [2.45, 2.75) is 46.1 Å². The molecule has 5 nitrogen and oxygen atoms in total. The Morgan fingerprint density at radius 2 is 1.57 bits per heavy atom. The van der Waals surface area contributed by atoms with Gasteiger partial charge in [-0.05, 0) is 67.6 Å². The second-order valence-electron chi connectivity index (χ2n) is 9.31. The van der Waals surface area contributed by atoms with E-state index in [-0.39, 0.29) is 23.0 Å². The molecule has 0 saturated heterocycles. The maximum atomic E-state index is 13.6. The van der Waals surface area contributed by atoms with Gasteiger partial charge >= 0.3 is 6.18 Å². The normalized spacial score (nSPS) is 12.6. The van der Waals surface area contributed by atoms with Crippen LogP contribution in [-0.4, -0.2) is 22.9 Å². The van der Waals surface area contributed by atoms with Gasteiger partial charge in [-0.1, -0.05) is 54.5 Å². The topological polar surface area (TPSA) is 57.4 Å². The van der Waals surface area contributed by atoms with Crippen molar-refractivity contribution in [3.8, 4) is 28.6 Å². The van der Waals surface area contributed by atoms with Crippen molar-refractivity contribution < 1.29 is 27.2 Å². The van der Waals surface area contributed by atoms with Crippen LogP contribution in [0, 0.1) is 5.92 Å². The van der Waals surface area contributed by atoms with Gasteiger partial charge in [0, 0.05) is 17.7 Å². The Kier molecular flexibility index (Phi) is 8.28. The fourth-order valence-electron chi connectivity index (χ4n) is 3.90. The van der Waals surface area contributed by atoms with Crippen LogP contribution in [0.15, 0.2) is 77.3 Å². The molecule has 3 aromatic carbocycles. The van der Waals surface area contributed by atoms with Crippen molar-refractivity contribution in [2.24, 2.45) is 5.92 Å². The summed E-state index contributed by atoms with van der Waals surface area (Å²) in [6.07, 6.45) is -4.13. The summed E-state index contributed by atoms with van der Waals surface area (Å²) in [5, 5.41) is 3.90. The number of aromatic nitrogens is 2. The standard InChI is InChI=1S/C29H29F3N2O3/c1-19(2)36-26-14-13-24(16-25(26)29(30,31)32)27-33-28(37-34-27)23-11-9-21(10-12-23)15-20(3)17-35-18-22-7-5-4-6-8-22/h4-14,16,19-20H,15,17-18H2,1-3H3. The van der Waals surface area contributed by atoms with Gasteiger partial charge in [0.05, 0.1) is 18.3 Å². The molecule has 1 aromatic heterocycles. The molecule has 8 heteroatoms. The molecule has 0 bridgehead atoms. The third-order valence-electron chi connectivity index (χ3n) is 5.63.